The Balaban J connectivity index is 2.20. The van der Waals surface area contributed by atoms with Gasteiger partial charge in [0.15, 0.2) is 6.29 Å². The minimum Gasteiger partial charge on any atom is -0.394 e. The van der Waals surface area contributed by atoms with E-state index < -0.39 is 49.5 Å². The molecule has 1 aliphatic heterocycles. The number of rotatable bonds is 48. The predicted molar refractivity (Wildman–Crippen MR) is 286 cm³/mol. The van der Waals surface area contributed by atoms with Crippen molar-refractivity contribution < 1.29 is 39.8 Å². The van der Waals surface area contributed by atoms with Crippen LogP contribution in [-0.2, 0) is 14.3 Å². The van der Waals surface area contributed by atoms with Gasteiger partial charge in [-0.15, -0.1) is 0 Å². The fourth-order valence-electron chi connectivity index (χ4n) is 8.85. The first-order valence-corrected chi connectivity index (χ1v) is 28.5. The average molecular weight is 959 g/mol. The number of aliphatic hydroxyl groups excluding tert-OH is 5. The number of hydrogen-bond acceptors (Lipinski definition) is 8. The van der Waals surface area contributed by atoms with E-state index >= 15 is 0 Å². The zero-order chi connectivity index (χ0) is 49.4. The van der Waals surface area contributed by atoms with Crippen molar-refractivity contribution in [3.8, 4) is 0 Å². The number of unbranched alkanes of at least 4 members (excludes halogenated alkanes) is 30. The number of hydrogen-bond donors (Lipinski definition) is 6. The van der Waals surface area contributed by atoms with Crippen LogP contribution in [0.2, 0.25) is 0 Å². The minimum absolute atomic E-state index is 0.207. The highest BCUT2D eigenvalue weighted by molar-refractivity contribution is 5.76. The molecule has 1 aliphatic rings. The van der Waals surface area contributed by atoms with E-state index in [0.717, 1.165) is 57.8 Å². The normalized spacial score (nSPS) is 20.0. The van der Waals surface area contributed by atoms with Gasteiger partial charge in [-0.05, 0) is 57.8 Å². The van der Waals surface area contributed by atoms with Gasteiger partial charge in [-0.1, -0.05) is 248 Å². The summed E-state index contributed by atoms with van der Waals surface area (Å²) in [5.41, 5.74) is 0. The molecular weight excluding hydrogens is 851 g/mol. The van der Waals surface area contributed by atoms with Crippen molar-refractivity contribution >= 4 is 5.91 Å². The molecule has 0 bridgehead atoms. The Morgan fingerprint density at radius 3 is 1.35 bits per heavy atom. The molecule has 1 rings (SSSR count). The Kier molecular flexibility index (Phi) is 45.6. The first-order valence-electron chi connectivity index (χ1n) is 28.5. The third-order valence-electron chi connectivity index (χ3n) is 13.3. The lowest BCUT2D eigenvalue weighted by molar-refractivity contribution is -0.302. The molecule has 0 aromatic rings. The van der Waals surface area contributed by atoms with Crippen LogP contribution in [0.4, 0.5) is 0 Å². The molecule has 0 saturated carbocycles. The fourth-order valence-corrected chi connectivity index (χ4v) is 8.85. The maximum Gasteiger partial charge on any atom is 0.220 e. The molecule has 9 nitrogen and oxygen atoms in total. The molecule has 0 aliphatic carbocycles. The zero-order valence-electron chi connectivity index (χ0n) is 43.9. The van der Waals surface area contributed by atoms with Crippen LogP contribution in [0.15, 0.2) is 60.8 Å². The SMILES string of the molecule is CC/C=C\C/C=C\C/C=C\C/C=C\CCCCC(=O)NC(COC1OC(CO)C(O)C(O)C1O)C(O)/C=C/CCCCCCCCCCCCCCCCCCCCCCCCCCCCCC. The summed E-state index contributed by atoms with van der Waals surface area (Å²) in [6.07, 6.45) is 58.8. The molecule has 396 valence electrons. The molecule has 1 fully saturated rings. The number of amides is 1. The highest BCUT2D eigenvalue weighted by atomic mass is 16.7. The van der Waals surface area contributed by atoms with Crippen LogP contribution in [0, 0.1) is 0 Å². The number of aliphatic hydroxyl groups is 5. The van der Waals surface area contributed by atoms with Gasteiger partial charge in [0.2, 0.25) is 5.91 Å². The molecule has 0 spiro atoms. The minimum atomic E-state index is -1.58. The molecular formula is C59H107NO8. The summed E-state index contributed by atoms with van der Waals surface area (Å²) in [5, 5.41) is 54.4. The Hall–Kier alpha value is -2.11. The Morgan fingerprint density at radius 1 is 0.515 bits per heavy atom. The largest absolute Gasteiger partial charge is 0.394 e. The molecule has 6 N–H and O–H groups in total. The van der Waals surface area contributed by atoms with Crippen LogP contribution >= 0.6 is 0 Å². The van der Waals surface area contributed by atoms with Crippen molar-refractivity contribution in [1.82, 2.24) is 5.32 Å². The quantitative estimate of drug-likeness (QED) is 0.0261. The summed E-state index contributed by atoms with van der Waals surface area (Å²) in [4.78, 5) is 13.0. The molecule has 9 heteroatoms. The fraction of sp³-hybridized carbons (Fsp3) is 0.814. The molecule has 0 aromatic carbocycles. The summed E-state index contributed by atoms with van der Waals surface area (Å²) in [6.45, 7) is 3.65. The molecule has 0 radical (unpaired) electrons. The average Bonchev–Trinajstić information content (AvgIpc) is 3.34. The number of ether oxygens (including phenoxy) is 2. The second-order valence-electron chi connectivity index (χ2n) is 19.7. The third-order valence-corrected chi connectivity index (χ3v) is 13.3. The highest BCUT2D eigenvalue weighted by Gasteiger charge is 2.44. The monoisotopic (exact) mass is 958 g/mol. The lowest BCUT2D eigenvalue weighted by Gasteiger charge is -2.40. The second kappa shape index (κ2) is 48.5. The number of nitrogens with one attached hydrogen (secondary N) is 1. The van der Waals surface area contributed by atoms with Crippen LogP contribution in [0.5, 0.6) is 0 Å². The maximum atomic E-state index is 13.0. The van der Waals surface area contributed by atoms with Gasteiger partial charge in [-0.3, -0.25) is 4.79 Å². The summed E-state index contributed by atoms with van der Waals surface area (Å²) in [7, 11) is 0. The van der Waals surface area contributed by atoms with Gasteiger partial charge in [0.25, 0.3) is 0 Å². The summed E-state index contributed by atoms with van der Waals surface area (Å²) >= 11 is 0. The molecule has 7 unspecified atom stereocenters. The summed E-state index contributed by atoms with van der Waals surface area (Å²) in [6, 6.07) is -0.830. The number of carbonyl (C=O) groups is 1. The second-order valence-corrected chi connectivity index (χ2v) is 19.7. The first-order chi connectivity index (χ1) is 33.3. The van der Waals surface area contributed by atoms with Gasteiger partial charge >= 0.3 is 0 Å². The Labute approximate surface area is 417 Å². The molecule has 1 amide bonds. The van der Waals surface area contributed by atoms with Crippen molar-refractivity contribution in [3.63, 3.8) is 0 Å². The molecule has 0 aromatic heterocycles. The van der Waals surface area contributed by atoms with E-state index in [4.69, 9.17) is 9.47 Å². The first kappa shape index (κ1) is 63.9. The molecule has 1 saturated heterocycles. The Bertz CT molecular complexity index is 1250. The van der Waals surface area contributed by atoms with E-state index in [2.05, 4.69) is 67.8 Å². The van der Waals surface area contributed by atoms with Crippen molar-refractivity contribution in [3.05, 3.63) is 60.8 Å². The van der Waals surface area contributed by atoms with E-state index in [1.807, 2.05) is 6.08 Å². The van der Waals surface area contributed by atoms with E-state index in [1.165, 1.54) is 167 Å². The van der Waals surface area contributed by atoms with Crippen LogP contribution in [-0.4, -0.2) is 87.5 Å². The van der Waals surface area contributed by atoms with Crippen LogP contribution in [0.25, 0.3) is 0 Å². The van der Waals surface area contributed by atoms with Gasteiger partial charge in [0.05, 0.1) is 25.4 Å². The zero-order valence-corrected chi connectivity index (χ0v) is 43.9. The van der Waals surface area contributed by atoms with Crippen LogP contribution in [0.1, 0.15) is 251 Å². The van der Waals surface area contributed by atoms with Gasteiger partial charge in [-0.25, -0.2) is 0 Å². The number of allylic oxidation sites excluding steroid dienone is 9. The van der Waals surface area contributed by atoms with E-state index in [9.17, 15) is 30.3 Å². The third kappa shape index (κ3) is 37.7. The summed E-state index contributed by atoms with van der Waals surface area (Å²) in [5.74, 6) is -0.217. The van der Waals surface area contributed by atoms with Gasteiger partial charge in [0.1, 0.15) is 24.4 Å². The van der Waals surface area contributed by atoms with Crippen molar-refractivity contribution in [1.29, 1.82) is 0 Å². The van der Waals surface area contributed by atoms with Crippen LogP contribution < -0.4 is 5.32 Å². The topological polar surface area (TPSA) is 149 Å². The molecule has 1 heterocycles. The van der Waals surface area contributed by atoms with Gasteiger partial charge < -0.3 is 40.3 Å². The smallest absolute Gasteiger partial charge is 0.220 e. The maximum absolute atomic E-state index is 13.0. The predicted octanol–water partition coefficient (Wildman–Crippen LogP) is 13.9. The molecule has 68 heavy (non-hydrogen) atoms. The molecule has 7 atom stereocenters. The van der Waals surface area contributed by atoms with Crippen molar-refractivity contribution in [2.75, 3.05) is 13.2 Å². The van der Waals surface area contributed by atoms with Crippen molar-refractivity contribution in [2.24, 2.45) is 0 Å². The highest BCUT2D eigenvalue weighted by Crippen LogP contribution is 2.23. The van der Waals surface area contributed by atoms with Crippen molar-refractivity contribution in [2.45, 2.75) is 294 Å². The van der Waals surface area contributed by atoms with E-state index in [0.29, 0.717) is 12.8 Å². The number of carbonyl (C=O) groups excluding carboxylic acids is 1. The van der Waals surface area contributed by atoms with E-state index in [1.54, 1.807) is 6.08 Å². The van der Waals surface area contributed by atoms with E-state index in [-0.39, 0.29) is 12.5 Å². The van der Waals surface area contributed by atoms with Crippen LogP contribution in [0.3, 0.4) is 0 Å². The summed E-state index contributed by atoms with van der Waals surface area (Å²) < 4.78 is 11.2. The van der Waals surface area contributed by atoms with Gasteiger partial charge in [0, 0.05) is 6.42 Å². The standard InChI is InChI=1S/C59H107NO8/c1-3-5-7-9-11-13-15-17-19-20-21-22-23-24-25-26-27-28-29-30-31-32-33-35-36-38-40-42-44-46-48-53(62)52(51-67-59-58(66)57(65)56(64)54(50-61)68-59)60-55(63)49-47-45-43-41-39-37-34-18-16-14-12-10-8-6-4-2/h6,8,12,14,18,34,39,41,46,48,52-54,56-59,61-62,64-66H,3-5,7,9-11,13,15-17,19-33,35-38,40,42-45,47,49-51H2,1-2H3,(H,60,63)/b8-6-,14-12-,34-18-,41-39-,48-46+. The van der Waals surface area contributed by atoms with Gasteiger partial charge in [-0.2, -0.15) is 0 Å². The lowest BCUT2D eigenvalue weighted by Crippen LogP contribution is -2.60. The Morgan fingerprint density at radius 2 is 0.912 bits per heavy atom. The lowest BCUT2D eigenvalue weighted by atomic mass is 9.99.